The minimum Gasteiger partial charge on any atom is -0.297 e. The van der Waals surface area contributed by atoms with E-state index in [1.807, 2.05) is 12.1 Å². The predicted molar refractivity (Wildman–Crippen MR) is 115 cm³/mol. The van der Waals surface area contributed by atoms with Crippen molar-refractivity contribution in [3.8, 4) is 11.3 Å². The second-order valence-electron chi connectivity index (χ2n) is 8.50. The van der Waals surface area contributed by atoms with Crippen molar-refractivity contribution in [3.05, 3.63) is 64.5 Å². The van der Waals surface area contributed by atoms with Crippen LogP contribution >= 0.6 is 0 Å². The Labute approximate surface area is 176 Å². The van der Waals surface area contributed by atoms with Crippen molar-refractivity contribution in [1.82, 2.24) is 29.4 Å². The summed E-state index contributed by atoms with van der Waals surface area (Å²) < 4.78 is 3.83. The fourth-order valence-corrected chi connectivity index (χ4v) is 4.61. The van der Waals surface area contributed by atoms with Crippen LogP contribution in [0.2, 0.25) is 0 Å². The smallest absolute Gasteiger partial charge is 0.266 e. The first-order chi connectivity index (χ1) is 14.7. The number of piperidine rings is 1. The van der Waals surface area contributed by atoms with Gasteiger partial charge in [0.1, 0.15) is 0 Å². The maximum Gasteiger partial charge on any atom is 0.266 e. The lowest BCUT2D eigenvalue weighted by molar-refractivity contribution is 0.161. The van der Waals surface area contributed by atoms with Crippen LogP contribution in [0.25, 0.3) is 11.3 Å². The van der Waals surface area contributed by atoms with Gasteiger partial charge in [0.2, 0.25) is 0 Å². The normalized spacial score (nSPS) is 17.7. The van der Waals surface area contributed by atoms with Crippen molar-refractivity contribution in [2.75, 3.05) is 13.1 Å². The summed E-state index contributed by atoms with van der Waals surface area (Å²) in [6, 6.07) is 9.55. The van der Waals surface area contributed by atoms with Gasteiger partial charge in [-0.15, -0.1) is 0 Å². The highest BCUT2D eigenvalue weighted by Crippen LogP contribution is 2.22. The van der Waals surface area contributed by atoms with Gasteiger partial charge in [-0.25, -0.2) is 4.68 Å². The topological polar surface area (TPSA) is 68.8 Å². The fourth-order valence-electron chi connectivity index (χ4n) is 4.61. The largest absolute Gasteiger partial charge is 0.297 e. The van der Waals surface area contributed by atoms with Crippen LogP contribution in [0.15, 0.2) is 47.5 Å². The Balaban J connectivity index is 1.19. The van der Waals surface area contributed by atoms with Crippen molar-refractivity contribution in [3.63, 3.8) is 0 Å². The van der Waals surface area contributed by atoms with Crippen LogP contribution in [0.1, 0.15) is 37.1 Å². The quantitative estimate of drug-likeness (QED) is 0.654. The molecule has 0 amide bonds. The minimum absolute atomic E-state index is 0.0289. The number of pyridine rings is 1. The van der Waals surface area contributed by atoms with E-state index in [0.29, 0.717) is 12.5 Å². The van der Waals surface area contributed by atoms with Crippen LogP contribution in [-0.2, 0) is 26.1 Å². The number of nitrogens with zero attached hydrogens (tertiary/aromatic N) is 6. The molecule has 156 valence electrons. The highest BCUT2D eigenvalue weighted by Gasteiger charge is 2.22. The predicted octanol–water partition coefficient (Wildman–Crippen LogP) is 2.75. The summed E-state index contributed by atoms with van der Waals surface area (Å²) >= 11 is 0. The average Bonchev–Trinajstić information content (AvgIpc) is 3.19. The summed E-state index contributed by atoms with van der Waals surface area (Å²) in [5.41, 5.74) is 4.37. The van der Waals surface area contributed by atoms with Crippen LogP contribution < -0.4 is 5.56 Å². The molecule has 2 aliphatic rings. The fraction of sp³-hybridized carbons (Fsp3) is 0.478. The SMILES string of the molecule is O=c1ccc(-c2ccncc2)nn1CC1CCN(Cc2cc3n(n2)CCCC3)CC1. The molecule has 2 aliphatic heterocycles. The Morgan fingerprint density at radius 3 is 2.60 bits per heavy atom. The molecule has 0 spiro atoms. The lowest BCUT2D eigenvalue weighted by Gasteiger charge is -2.31. The second kappa shape index (κ2) is 8.52. The first-order valence-electron chi connectivity index (χ1n) is 11.0. The number of aromatic nitrogens is 5. The molecule has 1 saturated heterocycles. The van der Waals surface area contributed by atoms with Crippen LogP contribution in [0, 0.1) is 5.92 Å². The Morgan fingerprint density at radius 1 is 0.967 bits per heavy atom. The number of aryl methyl sites for hydroxylation is 2. The van der Waals surface area contributed by atoms with Crippen molar-refractivity contribution in [2.45, 2.75) is 51.7 Å². The molecule has 0 saturated carbocycles. The molecule has 3 aromatic heterocycles. The van der Waals surface area contributed by atoms with E-state index in [1.165, 1.54) is 24.2 Å². The van der Waals surface area contributed by atoms with E-state index in [1.54, 1.807) is 29.2 Å². The molecule has 5 rings (SSSR count). The molecule has 7 heteroatoms. The Bertz CT molecular complexity index is 1030. The van der Waals surface area contributed by atoms with Crippen LogP contribution in [0.3, 0.4) is 0 Å². The maximum atomic E-state index is 12.3. The average molecular weight is 405 g/mol. The van der Waals surface area contributed by atoms with Crippen LogP contribution in [-0.4, -0.2) is 42.5 Å². The van der Waals surface area contributed by atoms with E-state index in [2.05, 4.69) is 25.7 Å². The lowest BCUT2D eigenvalue weighted by atomic mass is 9.96. The number of rotatable bonds is 5. The number of hydrogen-bond donors (Lipinski definition) is 0. The summed E-state index contributed by atoms with van der Waals surface area (Å²) in [7, 11) is 0. The molecule has 1 fully saturated rings. The van der Waals surface area contributed by atoms with Crippen molar-refractivity contribution in [1.29, 1.82) is 0 Å². The van der Waals surface area contributed by atoms with Crippen LogP contribution in [0.4, 0.5) is 0 Å². The summed E-state index contributed by atoms with van der Waals surface area (Å²) in [6.45, 7) is 4.78. The zero-order valence-electron chi connectivity index (χ0n) is 17.3. The van der Waals surface area contributed by atoms with E-state index in [9.17, 15) is 4.79 Å². The molecule has 5 heterocycles. The van der Waals surface area contributed by atoms with Gasteiger partial charge in [-0.1, -0.05) is 0 Å². The molecule has 30 heavy (non-hydrogen) atoms. The van der Waals surface area contributed by atoms with Gasteiger partial charge >= 0.3 is 0 Å². The van der Waals surface area contributed by atoms with E-state index in [0.717, 1.165) is 56.7 Å². The monoisotopic (exact) mass is 404 g/mol. The summed E-state index contributed by atoms with van der Waals surface area (Å²) in [5.74, 6) is 0.481. The summed E-state index contributed by atoms with van der Waals surface area (Å²) in [4.78, 5) is 18.9. The van der Waals surface area contributed by atoms with Gasteiger partial charge in [-0.3, -0.25) is 19.4 Å². The van der Waals surface area contributed by atoms with E-state index in [-0.39, 0.29) is 5.56 Å². The van der Waals surface area contributed by atoms with Gasteiger partial charge in [0.05, 0.1) is 11.4 Å². The van der Waals surface area contributed by atoms with Gasteiger partial charge in [-0.05, 0) is 75.4 Å². The zero-order valence-corrected chi connectivity index (χ0v) is 17.3. The van der Waals surface area contributed by atoms with Gasteiger partial charge in [0.15, 0.2) is 0 Å². The third-order valence-electron chi connectivity index (χ3n) is 6.33. The van der Waals surface area contributed by atoms with Crippen LogP contribution in [0.5, 0.6) is 0 Å². The highest BCUT2D eigenvalue weighted by atomic mass is 16.1. The number of likely N-dealkylation sites (tertiary alicyclic amines) is 1. The van der Waals surface area contributed by atoms with Gasteiger partial charge < -0.3 is 0 Å². The number of fused-ring (bicyclic) bond motifs is 1. The molecule has 0 bridgehead atoms. The minimum atomic E-state index is -0.0289. The van der Waals surface area contributed by atoms with E-state index < -0.39 is 0 Å². The van der Waals surface area contributed by atoms with Gasteiger partial charge in [0.25, 0.3) is 5.56 Å². The zero-order chi connectivity index (χ0) is 20.3. The van der Waals surface area contributed by atoms with Gasteiger partial charge in [0, 0.05) is 49.4 Å². The third-order valence-corrected chi connectivity index (χ3v) is 6.33. The Hall–Kier alpha value is -2.80. The Morgan fingerprint density at radius 2 is 1.80 bits per heavy atom. The maximum absolute atomic E-state index is 12.3. The standard InChI is InChI=1S/C23H28N6O/c30-23-5-4-22(19-6-10-24-11-7-19)26-29(23)16-18-8-13-27(14-9-18)17-20-15-21-3-1-2-12-28(21)25-20/h4-7,10-11,15,18H,1-3,8-9,12-14,16-17H2. The molecule has 7 nitrogen and oxygen atoms in total. The van der Waals surface area contributed by atoms with Gasteiger partial charge in [-0.2, -0.15) is 10.2 Å². The molecule has 3 aromatic rings. The lowest BCUT2D eigenvalue weighted by Crippen LogP contribution is -2.36. The molecule has 0 aromatic carbocycles. The molecule has 0 aliphatic carbocycles. The second-order valence-corrected chi connectivity index (χ2v) is 8.50. The van der Waals surface area contributed by atoms with E-state index >= 15 is 0 Å². The first-order valence-corrected chi connectivity index (χ1v) is 11.0. The highest BCUT2D eigenvalue weighted by molar-refractivity contribution is 5.56. The number of hydrogen-bond acceptors (Lipinski definition) is 5. The molecule has 0 unspecified atom stereocenters. The van der Waals surface area contributed by atoms with E-state index in [4.69, 9.17) is 5.10 Å². The van der Waals surface area contributed by atoms with Crippen molar-refractivity contribution in [2.24, 2.45) is 5.92 Å². The molecular formula is C23H28N6O. The Kier molecular flexibility index (Phi) is 5.45. The molecule has 0 atom stereocenters. The first kappa shape index (κ1) is 19.2. The summed E-state index contributed by atoms with van der Waals surface area (Å²) in [6.07, 6.45) is 9.36. The van der Waals surface area contributed by atoms with Crippen molar-refractivity contribution >= 4 is 0 Å². The third kappa shape index (κ3) is 4.21. The summed E-state index contributed by atoms with van der Waals surface area (Å²) in [5, 5.41) is 9.41. The molecular weight excluding hydrogens is 376 g/mol. The molecule has 0 N–H and O–H groups in total. The van der Waals surface area contributed by atoms with Crippen molar-refractivity contribution < 1.29 is 0 Å². The molecule has 0 radical (unpaired) electrons.